The Bertz CT molecular complexity index is 885. The highest BCUT2D eigenvalue weighted by Gasteiger charge is 2.17. The molecule has 2 aromatic heterocycles. The number of amides is 2. The first-order valence-corrected chi connectivity index (χ1v) is 8.93. The van der Waals surface area contributed by atoms with Gasteiger partial charge in [0, 0.05) is 18.3 Å². The maximum atomic E-state index is 12.5. The second kappa shape index (κ2) is 6.94. The minimum absolute atomic E-state index is 0.155. The summed E-state index contributed by atoms with van der Waals surface area (Å²) in [4.78, 5) is 29.8. The molecule has 0 bridgehead atoms. The van der Waals surface area contributed by atoms with Crippen LogP contribution in [0.5, 0.6) is 0 Å². The van der Waals surface area contributed by atoms with Crippen molar-refractivity contribution in [1.29, 1.82) is 0 Å². The van der Waals surface area contributed by atoms with Crippen LogP contribution in [0.1, 0.15) is 22.3 Å². The van der Waals surface area contributed by atoms with Crippen molar-refractivity contribution in [2.45, 2.75) is 13.8 Å². The third-order valence-corrected chi connectivity index (χ3v) is 5.37. The fourth-order valence-corrected chi connectivity index (χ4v) is 3.94. The summed E-state index contributed by atoms with van der Waals surface area (Å²) in [7, 11) is 0. The fourth-order valence-electron chi connectivity index (χ4n) is 2.18. The molecule has 122 valence electrons. The SMILES string of the molecule is CC(=O)Nc1cccc(NC(=O)c2sc(-c3cccs3)nc2C)c1. The van der Waals surface area contributed by atoms with Crippen molar-refractivity contribution in [2.75, 3.05) is 10.6 Å². The highest BCUT2D eigenvalue weighted by molar-refractivity contribution is 7.22. The van der Waals surface area contributed by atoms with E-state index >= 15 is 0 Å². The van der Waals surface area contributed by atoms with Gasteiger partial charge in [0.1, 0.15) is 9.88 Å². The largest absolute Gasteiger partial charge is 0.326 e. The molecule has 7 heteroatoms. The van der Waals surface area contributed by atoms with Gasteiger partial charge in [0.15, 0.2) is 0 Å². The minimum atomic E-state index is -0.201. The van der Waals surface area contributed by atoms with Crippen molar-refractivity contribution in [3.05, 3.63) is 52.3 Å². The van der Waals surface area contributed by atoms with E-state index in [2.05, 4.69) is 15.6 Å². The second-order valence-electron chi connectivity index (χ2n) is 5.13. The number of anilines is 2. The predicted octanol–water partition coefficient (Wildman–Crippen LogP) is 4.39. The quantitative estimate of drug-likeness (QED) is 0.727. The van der Waals surface area contributed by atoms with Crippen LogP contribution >= 0.6 is 22.7 Å². The molecular formula is C17H15N3O2S2. The summed E-state index contributed by atoms with van der Waals surface area (Å²) in [6.45, 7) is 3.27. The number of nitrogens with one attached hydrogen (secondary N) is 2. The number of hydrogen-bond donors (Lipinski definition) is 2. The topological polar surface area (TPSA) is 71.1 Å². The number of aryl methyl sites for hydroxylation is 1. The summed E-state index contributed by atoms with van der Waals surface area (Å²) in [5.74, 6) is -0.356. The molecule has 0 fully saturated rings. The van der Waals surface area contributed by atoms with Crippen LogP contribution < -0.4 is 10.6 Å². The number of thiazole rings is 1. The molecule has 0 aliphatic carbocycles. The molecule has 2 heterocycles. The first-order valence-electron chi connectivity index (χ1n) is 7.23. The molecule has 24 heavy (non-hydrogen) atoms. The number of carbonyl (C=O) groups is 2. The molecule has 0 aliphatic rings. The van der Waals surface area contributed by atoms with Crippen LogP contribution in [0.4, 0.5) is 11.4 Å². The van der Waals surface area contributed by atoms with Gasteiger partial charge < -0.3 is 10.6 Å². The Morgan fingerprint density at radius 2 is 1.83 bits per heavy atom. The lowest BCUT2D eigenvalue weighted by Gasteiger charge is -2.07. The lowest BCUT2D eigenvalue weighted by Crippen LogP contribution is -2.12. The van der Waals surface area contributed by atoms with E-state index < -0.39 is 0 Å². The molecule has 0 radical (unpaired) electrons. The van der Waals surface area contributed by atoms with E-state index in [4.69, 9.17) is 0 Å². The van der Waals surface area contributed by atoms with Crippen molar-refractivity contribution in [3.63, 3.8) is 0 Å². The van der Waals surface area contributed by atoms with Crippen molar-refractivity contribution in [3.8, 4) is 9.88 Å². The van der Waals surface area contributed by atoms with Gasteiger partial charge in [0.2, 0.25) is 5.91 Å². The Labute approximate surface area is 147 Å². The van der Waals surface area contributed by atoms with E-state index in [-0.39, 0.29) is 11.8 Å². The third kappa shape index (κ3) is 3.69. The predicted molar refractivity (Wildman–Crippen MR) is 98.9 cm³/mol. The van der Waals surface area contributed by atoms with Crippen molar-refractivity contribution < 1.29 is 9.59 Å². The number of nitrogens with zero attached hydrogens (tertiary/aromatic N) is 1. The number of carbonyl (C=O) groups excluding carboxylic acids is 2. The van der Waals surface area contributed by atoms with Crippen LogP contribution in [-0.4, -0.2) is 16.8 Å². The molecule has 0 aliphatic heterocycles. The lowest BCUT2D eigenvalue weighted by atomic mass is 10.2. The van der Waals surface area contributed by atoms with Crippen LogP contribution in [0.3, 0.4) is 0 Å². The summed E-state index contributed by atoms with van der Waals surface area (Å²) >= 11 is 2.97. The Balaban J connectivity index is 1.79. The summed E-state index contributed by atoms with van der Waals surface area (Å²) in [5, 5.41) is 8.38. The summed E-state index contributed by atoms with van der Waals surface area (Å²) in [5.41, 5.74) is 1.97. The standard InChI is InChI=1S/C17H15N3O2S2/c1-10-15(24-17(18-10)14-7-4-8-23-14)16(22)20-13-6-3-5-12(9-13)19-11(2)21/h3-9H,1-2H3,(H,19,21)(H,20,22). The van der Waals surface area contributed by atoms with Gasteiger partial charge in [-0.1, -0.05) is 12.1 Å². The van der Waals surface area contributed by atoms with Crippen LogP contribution in [-0.2, 0) is 4.79 Å². The Kier molecular flexibility index (Phi) is 4.73. The van der Waals surface area contributed by atoms with Gasteiger partial charge in [-0.25, -0.2) is 4.98 Å². The summed E-state index contributed by atoms with van der Waals surface area (Å²) in [6, 6.07) is 11.0. The van der Waals surface area contributed by atoms with E-state index in [9.17, 15) is 9.59 Å². The molecule has 0 saturated heterocycles. The summed E-state index contributed by atoms with van der Waals surface area (Å²) in [6.07, 6.45) is 0. The van der Waals surface area contributed by atoms with Gasteiger partial charge >= 0.3 is 0 Å². The highest BCUT2D eigenvalue weighted by atomic mass is 32.1. The van der Waals surface area contributed by atoms with Gasteiger partial charge in [0.25, 0.3) is 5.91 Å². The van der Waals surface area contributed by atoms with Gasteiger partial charge in [-0.15, -0.1) is 22.7 Å². The lowest BCUT2D eigenvalue weighted by molar-refractivity contribution is -0.114. The van der Waals surface area contributed by atoms with Crippen LogP contribution in [0.2, 0.25) is 0 Å². The number of hydrogen-bond acceptors (Lipinski definition) is 5. The molecule has 2 amide bonds. The molecule has 0 spiro atoms. The fraction of sp³-hybridized carbons (Fsp3) is 0.118. The van der Waals surface area contributed by atoms with Crippen LogP contribution in [0, 0.1) is 6.92 Å². The van der Waals surface area contributed by atoms with Crippen molar-refractivity contribution >= 4 is 45.9 Å². The molecule has 0 unspecified atom stereocenters. The van der Waals surface area contributed by atoms with Gasteiger partial charge in [-0.2, -0.15) is 0 Å². The van der Waals surface area contributed by atoms with E-state index in [1.165, 1.54) is 18.3 Å². The average molecular weight is 357 g/mol. The Morgan fingerprint density at radius 1 is 1.08 bits per heavy atom. The molecule has 5 nitrogen and oxygen atoms in total. The van der Waals surface area contributed by atoms with Crippen molar-refractivity contribution in [2.24, 2.45) is 0 Å². The first-order chi connectivity index (χ1) is 11.5. The Morgan fingerprint density at radius 3 is 2.50 bits per heavy atom. The zero-order valence-electron chi connectivity index (χ0n) is 13.1. The van der Waals surface area contributed by atoms with Crippen molar-refractivity contribution in [1.82, 2.24) is 4.98 Å². The van der Waals surface area contributed by atoms with Gasteiger partial charge in [-0.3, -0.25) is 9.59 Å². The smallest absolute Gasteiger partial charge is 0.267 e. The number of benzene rings is 1. The molecule has 1 aromatic carbocycles. The van der Waals surface area contributed by atoms with E-state index in [1.54, 1.807) is 35.6 Å². The average Bonchev–Trinajstić information content (AvgIpc) is 3.16. The molecule has 0 saturated carbocycles. The Hall–Kier alpha value is -2.51. The van der Waals surface area contributed by atoms with Crippen LogP contribution in [0.25, 0.3) is 9.88 Å². The number of thiophene rings is 1. The monoisotopic (exact) mass is 357 g/mol. The normalized spacial score (nSPS) is 10.4. The second-order valence-corrected chi connectivity index (χ2v) is 7.07. The maximum absolute atomic E-state index is 12.5. The third-order valence-electron chi connectivity index (χ3n) is 3.18. The zero-order valence-corrected chi connectivity index (χ0v) is 14.8. The molecule has 3 aromatic rings. The molecule has 0 atom stereocenters. The van der Waals surface area contributed by atoms with Gasteiger partial charge in [0.05, 0.1) is 10.6 Å². The number of rotatable bonds is 4. The van der Waals surface area contributed by atoms with E-state index in [0.717, 1.165) is 9.88 Å². The molecular weight excluding hydrogens is 342 g/mol. The van der Waals surface area contributed by atoms with E-state index in [0.29, 0.717) is 21.9 Å². The summed E-state index contributed by atoms with van der Waals surface area (Å²) < 4.78 is 0. The molecule has 2 N–H and O–H groups in total. The zero-order chi connectivity index (χ0) is 17.1. The minimum Gasteiger partial charge on any atom is -0.326 e. The van der Waals surface area contributed by atoms with E-state index in [1.807, 2.05) is 24.4 Å². The maximum Gasteiger partial charge on any atom is 0.267 e. The highest BCUT2D eigenvalue weighted by Crippen LogP contribution is 2.31. The van der Waals surface area contributed by atoms with Gasteiger partial charge in [-0.05, 0) is 36.6 Å². The van der Waals surface area contributed by atoms with Crippen LogP contribution in [0.15, 0.2) is 41.8 Å². The molecule has 3 rings (SSSR count). The number of aromatic nitrogens is 1. The first kappa shape index (κ1) is 16.4.